The van der Waals surface area contributed by atoms with Crippen LogP contribution in [0.2, 0.25) is 0 Å². The van der Waals surface area contributed by atoms with Crippen LogP contribution in [0.5, 0.6) is 0 Å². The molecule has 0 saturated carbocycles. The van der Waals surface area contributed by atoms with Crippen LogP contribution in [0.3, 0.4) is 0 Å². The van der Waals surface area contributed by atoms with E-state index in [2.05, 4.69) is 21.2 Å². The number of benzene rings is 1. The summed E-state index contributed by atoms with van der Waals surface area (Å²) >= 11 is 3.19. The van der Waals surface area contributed by atoms with Crippen LogP contribution in [0.25, 0.3) is 0 Å². The first kappa shape index (κ1) is 15.0. The molecule has 2 rings (SSSR count). The van der Waals surface area contributed by atoms with Gasteiger partial charge in [-0.05, 0) is 25.5 Å². The molecule has 1 unspecified atom stereocenters. The van der Waals surface area contributed by atoms with E-state index in [0.717, 1.165) is 0 Å². The number of hydrogen-bond acceptors (Lipinski definition) is 2. The van der Waals surface area contributed by atoms with Gasteiger partial charge in [-0.1, -0.05) is 28.9 Å². The maximum Gasteiger partial charge on any atom is 0.248 e. The minimum atomic E-state index is -0.902. The van der Waals surface area contributed by atoms with Gasteiger partial charge in [0.05, 0.1) is 6.54 Å². The van der Waals surface area contributed by atoms with Gasteiger partial charge >= 0.3 is 0 Å². The molecular formula is C14H16BrFN2O2. The Morgan fingerprint density at radius 3 is 2.75 bits per heavy atom. The third kappa shape index (κ3) is 2.85. The molecule has 1 fully saturated rings. The van der Waals surface area contributed by atoms with Crippen LogP contribution >= 0.6 is 15.9 Å². The molecule has 0 aromatic heterocycles. The molecule has 4 nitrogen and oxygen atoms in total. The summed E-state index contributed by atoms with van der Waals surface area (Å²) in [5, 5.41) is 2.70. The van der Waals surface area contributed by atoms with E-state index < -0.39 is 11.4 Å². The van der Waals surface area contributed by atoms with Crippen LogP contribution in [0.15, 0.2) is 22.7 Å². The molecular weight excluding hydrogens is 327 g/mol. The number of rotatable bonds is 3. The molecule has 0 aliphatic carbocycles. The summed E-state index contributed by atoms with van der Waals surface area (Å²) in [6.07, 6.45) is 0.497. The van der Waals surface area contributed by atoms with E-state index in [-0.39, 0.29) is 24.9 Å². The molecule has 0 bridgehead atoms. The number of piperazine rings is 1. The van der Waals surface area contributed by atoms with E-state index in [1.54, 1.807) is 19.1 Å². The molecule has 2 amide bonds. The molecule has 1 N–H and O–H groups in total. The average Bonchev–Trinajstić information content (AvgIpc) is 2.38. The highest BCUT2D eigenvalue weighted by Gasteiger charge is 2.41. The lowest BCUT2D eigenvalue weighted by atomic mass is 9.94. The monoisotopic (exact) mass is 342 g/mol. The minimum Gasteiger partial charge on any atom is -0.340 e. The quantitative estimate of drug-likeness (QED) is 0.915. The van der Waals surface area contributed by atoms with Crippen molar-refractivity contribution in [1.82, 2.24) is 10.2 Å². The smallest absolute Gasteiger partial charge is 0.248 e. The van der Waals surface area contributed by atoms with Crippen LogP contribution in [0.4, 0.5) is 4.39 Å². The summed E-state index contributed by atoms with van der Waals surface area (Å²) in [7, 11) is 0. The summed E-state index contributed by atoms with van der Waals surface area (Å²) in [4.78, 5) is 25.5. The van der Waals surface area contributed by atoms with E-state index in [1.165, 1.54) is 11.0 Å². The van der Waals surface area contributed by atoms with Gasteiger partial charge in [0.2, 0.25) is 11.8 Å². The van der Waals surface area contributed by atoms with Crippen molar-refractivity contribution in [3.05, 3.63) is 34.1 Å². The standard InChI is InChI=1S/C14H16BrFN2O2/c1-3-14(2)13(20)18(8-12(19)17-14)7-9-4-5-10(15)6-11(9)16/h4-6H,3,7-8H2,1-2H3,(H,17,19). The molecule has 1 aromatic carbocycles. The van der Waals surface area contributed by atoms with Crippen LogP contribution < -0.4 is 5.32 Å². The Morgan fingerprint density at radius 1 is 1.45 bits per heavy atom. The van der Waals surface area contributed by atoms with Crippen molar-refractivity contribution in [1.29, 1.82) is 0 Å². The van der Waals surface area contributed by atoms with Gasteiger partial charge in [0, 0.05) is 16.6 Å². The van der Waals surface area contributed by atoms with Gasteiger partial charge in [-0.3, -0.25) is 9.59 Å². The molecule has 1 atom stereocenters. The maximum atomic E-state index is 13.8. The lowest BCUT2D eigenvalue weighted by molar-refractivity contribution is -0.149. The number of carbonyl (C=O) groups excluding carboxylic acids is 2. The predicted molar refractivity (Wildman–Crippen MR) is 76.4 cm³/mol. The maximum absolute atomic E-state index is 13.8. The number of nitrogens with zero attached hydrogens (tertiary/aromatic N) is 1. The Morgan fingerprint density at radius 2 is 2.15 bits per heavy atom. The molecule has 108 valence electrons. The molecule has 1 aromatic rings. The fourth-order valence-electron chi connectivity index (χ4n) is 2.22. The van der Waals surface area contributed by atoms with Crippen LogP contribution in [0.1, 0.15) is 25.8 Å². The Labute approximate surface area is 125 Å². The minimum absolute atomic E-state index is 0.0378. The lowest BCUT2D eigenvalue weighted by Gasteiger charge is -2.39. The van der Waals surface area contributed by atoms with Crippen LogP contribution in [-0.2, 0) is 16.1 Å². The molecule has 6 heteroatoms. The SMILES string of the molecule is CCC1(C)NC(=O)CN(Cc2ccc(Br)cc2F)C1=O. The lowest BCUT2D eigenvalue weighted by Crippen LogP contribution is -2.64. The largest absolute Gasteiger partial charge is 0.340 e. The molecule has 0 radical (unpaired) electrons. The van der Waals surface area contributed by atoms with Crippen molar-refractivity contribution in [3.63, 3.8) is 0 Å². The summed E-state index contributed by atoms with van der Waals surface area (Å²) in [6.45, 7) is 3.59. The Bertz CT molecular complexity index is 564. The second-order valence-corrected chi connectivity index (χ2v) is 6.05. The zero-order chi connectivity index (χ0) is 14.9. The van der Waals surface area contributed by atoms with Crippen molar-refractivity contribution >= 4 is 27.7 Å². The molecule has 20 heavy (non-hydrogen) atoms. The Kier molecular flexibility index (Phi) is 4.13. The van der Waals surface area contributed by atoms with E-state index in [4.69, 9.17) is 0 Å². The molecule has 1 aliphatic rings. The van der Waals surface area contributed by atoms with Crippen molar-refractivity contribution in [3.8, 4) is 0 Å². The Hall–Kier alpha value is -1.43. The van der Waals surface area contributed by atoms with Gasteiger partial charge in [0.1, 0.15) is 11.4 Å². The molecule has 0 spiro atoms. The van der Waals surface area contributed by atoms with E-state index in [9.17, 15) is 14.0 Å². The third-order valence-electron chi connectivity index (χ3n) is 3.59. The summed E-state index contributed by atoms with van der Waals surface area (Å²) in [6, 6.07) is 4.68. The van der Waals surface area contributed by atoms with Crippen LogP contribution in [-0.4, -0.2) is 28.8 Å². The molecule has 1 saturated heterocycles. The fourth-order valence-corrected chi connectivity index (χ4v) is 2.55. The third-order valence-corrected chi connectivity index (χ3v) is 4.09. The zero-order valence-corrected chi connectivity index (χ0v) is 13.0. The van der Waals surface area contributed by atoms with Gasteiger partial charge in [-0.2, -0.15) is 0 Å². The van der Waals surface area contributed by atoms with E-state index in [1.807, 2.05) is 6.92 Å². The number of nitrogens with one attached hydrogen (secondary N) is 1. The van der Waals surface area contributed by atoms with Crippen molar-refractivity contribution in [2.45, 2.75) is 32.4 Å². The number of amides is 2. The van der Waals surface area contributed by atoms with Gasteiger partial charge in [0.15, 0.2) is 0 Å². The van der Waals surface area contributed by atoms with E-state index >= 15 is 0 Å². The van der Waals surface area contributed by atoms with Gasteiger partial charge in [-0.25, -0.2) is 4.39 Å². The molecule has 1 aliphatic heterocycles. The number of carbonyl (C=O) groups is 2. The highest BCUT2D eigenvalue weighted by atomic mass is 79.9. The van der Waals surface area contributed by atoms with E-state index in [0.29, 0.717) is 16.5 Å². The second-order valence-electron chi connectivity index (χ2n) is 5.13. The van der Waals surface area contributed by atoms with Gasteiger partial charge in [-0.15, -0.1) is 0 Å². The highest BCUT2D eigenvalue weighted by Crippen LogP contribution is 2.22. The van der Waals surface area contributed by atoms with Crippen molar-refractivity contribution in [2.75, 3.05) is 6.54 Å². The normalized spacial score (nSPS) is 22.9. The number of hydrogen-bond donors (Lipinski definition) is 1. The summed E-state index contributed by atoms with van der Waals surface area (Å²) < 4.78 is 14.5. The first-order chi connectivity index (χ1) is 9.35. The second kappa shape index (κ2) is 5.52. The Balaban J connectivity index is 2.23. The fraction of sp³-hybridized carbons (Fsp3) is 0.429. The first-order valence-corrected chi connectivity index (χ1v) is 7.19. The topological polar surface area (TPSA) is 49.4 Å². The number of halogens is 2. The van der Waals surface area contributed by atoms with Crippen LogP contribution in [0, 0.1) is 5.82 Å². The summed E-state index contributed by atoms with van der Waals surface area (Å²) in [5.41, 5.74) is -0.504. The van der Waals surface area contributed by atoms with Crippen molar-refractivity contribution in [2.24, 2.45) is 0 Å². The predicted octanol–water partition coefficient (Wildman–Crippen LogP) is 2.22. The van der Waals surface area contributed by atoms with Crippen molar-refractivity contribution < 1.29 is 14.0 Å². The van der Waals surface area contributed by atoms with Gasteiger partial charge < -0.3 is 10.2 Å². The average molecular weight is 343 g/mol. The first-order valence-electron chi connectivity index (χ1n) is 6.40. The summed E-state index contributed by atoms with van der Waals surface area (Å²) in [5.74, 6) is -0.787. The highest BCUT2D eigenvalue weighted by molar-refractivity contribution is 9.10. The zero-order valence-electron chi connectivity index (χ0n) is 11.4. The van der Waals surface area contributed by atoms with Gasteiger partial charge in [0.25, 0.3) is 0 Å². The molecule has 1 heterocycles.